The lowest BCUT2D eigenvalue weighted by molar-refractivity contribution is 0.210. The Morgan fingerprint density at radius 2 is 2.17 bits per heavy atom. The van der Waals surface area contributed by atoms with E-state index >= 15 is 0 Å². The number of rotatable bonds is 8. The summed E-state index contributed by atoms with van der Waals surface area (Å²) < 4.78 is 5.01. The van der Waals surface area contributed by atoms with E-state index in [-0.39, 0.29) is 0 Å². The molecule has 1 aromatic heterocycles. The molecule has 0 radical (unpaired) electrons. The van der Waals surface area contributed by atoms with E-state index < -0.39 is 0 Å². The van der Waals surface area contributed by atoms with E-state index in [2.05, 4.69) is 34.2 Å². The summed E-state index contributed by atoms with van der Waals surface area (Å²) in [6.07, 6.45) is 2.36. The van der Waals surface area contributed by atoms with Crippen LogP contribution in [-0.2, 0) is 4.74 Å². The van der Waals surface area contributed by atoms with Crippen molar-refractivity contribution in [3.8, 4) is 0 Å². The van der Waals surface area contributed by atoms with E-state index in [0.29, 0.717) is 6.61 Å². The molecule has 5 heteroatoms. The largest absolute Gasteiger partial charge is 0.383 e. The summed E-state index contributed by atoms with van der Waals surface area (Å²) in [4.78, 5) is 11.0. The molecule has 5 nitrogen and oxygen atoms in total. The Morgan fingerprint density at radius 3 is 2.83 bits per heavy atom. The number of nitrogens with one attached hydrogen (secondary N) is 1. The van der Waals surface area contributed by atoms with Gasteiger partial charge in [-0.05, 0) is 13.3 Å². The lowest BCUT2D eigenvalue weighted by atomic mass is 10.3. The second-order valence-electron chi connectivity index (χ2n) is 4.35. The summed E-state index contributed by atoms with van der Waals surface area (Å²) >= 11 is 0. The van der Waals surface area contributed by atoms with E-state index in [4.69, 9.17) is 4.74 Å². The first-order chi connectivity index (χ1) is 8.67. The van der Waals surface area contributed by atoms with Crippen molar-refractivity contribution in [1.82, 2.24) is 9.97 Å². The smallest absolute Gasteiger partial charge is 0.134 e. The fourth-order valence-corrected chi connectivity index (χ4v) is 1.63. The fraction of sp³-hybridized carbons (Fsp3) is 0.692. The molecule has 0 saturated heterocycles. The number of hydrogen-bond donors (Lipinski definition) is 1. The van der Waals surface area contributed by atoms with Gasteiger partial charge in [-0.15, -0.1) is 0 Å². The van der Waals surface area contributed by atoms with Gasteiger partial charge in [0, 0.05) is 33.3 Å². The molecule has 1 heterocycles. The lowest BCUT2D eigenvalue weighted by Gasteiger charge is -2.19. The van der Waals surface area contributed by atoms with Gasteiger partial charge in [-0.1, -0.05) is 13.3 Å². The molecule has 0 aliphatic heterocycles. The highest BCUT2D eigenvalue weighted by molar-refractivity contribution is 5.48. The predicted molar refractivity (Wildman–Crippen MR) is 75.3 cm³/mol. The third-order valence-corrected chi connectivity index (χ3v) is 2.67. The molecule has 18 heavy (non-hydrogen) atoms. The third kappa shape index (κ3) is 4.87. The number of hydrogen-bond acceptors (Lipinski definition) is 5. The highest BCUT2D eigenvalue weighted by atomic mass is 16.5. The summed E-state index contributed by atoms with van der Waals surface area (Å²) in [7, 11) is 3.76. The first-order valence-electron chi connectivity index (χ1n) is 6.47. The van der Waals surface area contributed by atoms with Crippen LogP contribution in [0.2, 0.25) is 0 Å². The van der Waals surface area contributed by atoms with Gasteiger partial charge in [0.1, 0.15) is 17.5 Å². The van der Waals surface area contributed by atoms with Gasteiger partial charge in [0.2, 0.25) is 0 Å². The standard InChI is InChI=1S/C13H24N4O/c1-5-6-8-17(3)13-10-12(14-7-9-18-4)15-11(2)16-13/h10H,5-9H2,1-4H3,(H,14,15,16). The van der Waals surface area contributed by atoms with Crippen molar-refractivity contribution < 1.29 is 4.74 Å². The molecule has 0 spiro atoms. The average Bonchev–Trinajstić information content (AvgIpc) is 2.35. The molecule has 0 aliphatic carbocycles. The van der Waals surface area contributed by atoms with Crippen LogP contribution in [0.15, 0.2) is 6.07 Å². The molecular weight excluding hydrogens is 228 g/mol. The molecule has 1 rings (SSSR count). The molecule has 0 atom stereocenters. The molecule has 0 aliphatic rings. The molecule has 0 fully saturated rings. The quantitative estimate of drug-likeness (QED) is 0.718. The topological polar surface area (TPSA) is 50.3 Å². The SMILES string of the molecule is CCCCN(C)c1cc(NCCOC)nc(C)n1. The maximum atomic E-state index is 5.01. The number of methoxy groups -OCH3 is 1. The van der Waals surface area contributed by atoms with E-state index in [0.717, 1.165) is 30.5 Å². The van der Waals surface area contributed by atoms with Crippen molar-refractivity contribution in [2.45, 2.75) is 26.7 Å². The van der Waals surface area contributed by atoms with Gasteiger partial charge in [-0.25, -0.2) is 9.97 Å². The van der Waals surface area contributed by atoms with Gasteiger partial charge in [-0.2, -0.15) is 0 Å². The first kappa shape index (κ1) is 14.7. The molecule has 0 amide bonds. The molecule has 0 unspecified atom stereocenters. The van der Waals surface area contributed by atoms with Gasteiger partial charge < -0.3 is 15.0 Å². The molecule has 102 valence electrons. The van der Waals surface area contributed by atoms with Gasteiger partial charge >= 0.3 is 0 Å². The molecule has 0 bridgehead atoms. The Balaban J connectivity index is 2.67. The second-order valence-corrected chi connectivity index (χ2v) is 4.35. The Labute approximate surface area is 110 Å². The van der Waals surface area contributed by atoms with Crippen LogP contribution < -0.4 is 10.2 Å². The van der Waals surface area contributed by atoms with Crippen LogP contribution in [0.5, 0.6) is 0 Å². The van der Waals surface area contributed by atoms with Crippen LogP contribution >= 0.6 is 0 Å². The van der Waals surface area contributed by atoms with Gasteiger partial charge in [0.05, 0.1) is 6.61 Å². The Bertz CT molecular complexity index is 357. The van der Waals surface area contributed by atoms with Crippen LogP contribution in [0, 0.1) is 6.92 Å². The van der Waals surface area contributed by atoms with E-state index in [9.17, 15) is 0 Å². The normalized spacial score (nSPS) is 10.4. The van der Waals surface area contributed by atoms with Crippen molar-refractivity contribution in [2.24, 2.45) is 0 Å². The van der Waals surface area contributed by atoms with Gasteiger partial charge in [0.15, 0.2) is 0 Å². The monoisotopic (exact) mass is 252 g/mol. The van der Waals surface area contributed by atoms with E-state index in [1.54, 1.807) is 7.11 Å². The molecule has 0 saturated carbocycles. The third-order valence-electron chi connectivity index (χ3n) is 2.67. The van der Waals surface area contributed by atoms with Crippen molar-refractivity contribution >= 4 is 11.6 Å². The molecule has 1 aromatic rings. The zero-order valence-corrected chi connectivity index (χ0v) is 11.9. The highest BCUT2D eigenvalue weighted by Gasteiger charge is 2.05. The van der Waals surface area contributed by atoms with Crippen LogP contribution in [0.3, 0.4) is 0 Å². The molecule has 0 aromatic carbocycles. The van der Waals surface area contributed by atoms with Crippen molar-refractivity contribution in [3.63, 3.8) is 0 Å². The fourth-order valence-electron chi connectivity index (χ4n) is 1.63. The molecule has 1 N–H and O–H groups in total. The zero-order valence-electron chi connectivity index (χ0n) is 11.9. The number of ether oxygens (including phenoxy) is 1. The number of anilines is 2. The van der Waals surface area contributed by atoms with Gasteiger partial charge in [0.25, 0.3) is 0 Å². The summed E-state index contributed by atoms with van der Waals surface area (Å²) in [5.74, 6) is 2.62. The van der Waals surface area contributed by atoms with Crippen molar-refractivity contribution in [2.75, 3.05) is 44.1 Å². The van der Waals surface area contributed by atoms with Crippen LogP contribution in [0.1, 0.15) is 25.6 Å². The minimum Gasteiger partial charge on any atom is -0.383 e. The van der Waals surface area contributed by atoms with Crippen LogP contribution in [-0.4, -0.2) is 43.8 Å². The Kier molecular flexibility index (Phi) is 6.43. The van der Waals surface area contributed by atoms with E-state index in [1.807, 2.05) is 13.0 Å². The number of unbranched alkanes of at least 4 members (excludes halogenated alkanes) is 1. The number of nitrogens with zero attached hydrogens (tertiary/aromatic N) is 3. The van der Waals surface area contributed by atoms with Crippen molar-refractivity contribution in [1.29, 1.82) is 0 Å². The van der Waals surface area contributed by atoms with Crippen LogP contribution in [0.25, 0.3) is 0 Å². The highest BCUT2D eigenvalue weighted by Crippen LogP contribution is 2.14. The van der Waals surface area contributed by atoms with Gasteiger partial charge in [-0.3, -0.25) is 0 Å². The zero-order chi connectivity index (χ0) is 13.4. The predicted octanol–water partition coefficient (Wildman–Crippen LogP) is 2.08. The summed E-state index contributed by atoms with van der Waals surface area (Å²) in [6.45, 7) is 6.55. The summed E-state index contributed by atoms with van der Waals surface area (Å²) in [5, 5.41) is 3.23. The maximum Gasteiger partial charge on any atom is 0.134 e. The van der Waals surface area contributed by atoms with E-state index in [1.165, 1.54) is 12.8 Å². The summed E-state index contributed by atoms with van der Waals surface area (Å²) in [5.41, 5.74) is 0. The van der Waals surface area contributed by atoms with Crippen molar-refractivity contribution in [3.05, 3.63) is 11.9 Å². The minimum atomic E-state index is 0.671. The maximum absolute atomic E-state index is 5.01. The molecular formula is C13H24N4O. The first-order valence-corrected chi connectivity index (χ1v) is 6.47. The Morgan fingerprint density at radius 1 is 1.39 bits per heavy atom. The lowest BCUT2D eigenvalue weighted by Crippen LogP contribution is -2.20. The number of aromatic nitrogens is 2. The number of aryl methyl sites for hydroxylation is 1. The average molecular weight is 252 g/mol. The minimum absolute atomic E-state index is 0.671. The van der Waals surface area contributed by atoms with Crippen LogP contribution in [0.4, 0.5) is 11.6 Å². The second kappa shape index (κ2) is 7.87. The summed E-state index contributed by atoms with van der Waals surface area (Å²) in [6, 6.07) is 1.98. The Hall–Kier alpha value is -1.36.